The third-order valence-corrected chi connectivity index (χ3v) is 4.50. The molecule has 2 heteroatoms. The lowest BCUT2D eigenvalue weighted by Crippen LogP contribution is -1.97. The number of rotatable bonds is 2. The van der Waals surface area contributed by atoms with Crippen molar-refractivity contribution in [2.45, 2.75) is 32.6 Å². The topological polar surface area (TPSA) is 25.8 Å². The molecule has 0 amide bonds. The van der Waals surface area contributed by atoms with Crippen molar-refractivity contribution in [1.29, 1.82) is 0 Å². The molecule has 0 atom stereocenters. The normalized spacial score (nSPS) is 17.1. The van der Waals surface area contributed by atoms with Gasteiger partial charge in [0, 0.05) is 17.7 Å². The van der Waals surface area contributed by atoms with Crippen LogP contribution in [0.15, 0.2) is 48.3 Å². The van der Waals surface area contributed by atoms with E-state index in [1.807, 2.05) is 0 Å². The van der Waals surface area contributed by atoms with Crippen molar-refractivity contribution in [3.8, 4) is 0 Å². The highest BCUT2D eigenvalue weighted by molar-refractivity contribution is 6.03. The Kier molecular flexibility index (Phi) is 2.95. The summed E-state index contributed by atoms with van der Waals surface area (Å²) in [6.45, 7) is 2.10. The van der Waals surface area contributed by atoms with Crippen molar-refractivity contribution in [1.82, 2.24) is 9.97 Å². The summed E-state index contributed by atoms with van der Waals surface area (Å²) in [5.74, 6) is 0. The molecule has 2 aliphatic carbocycles. The van der Waals surface area contributed by atoms with Gasteiger partial charge in [0.15, 0.2) is 0 Å². The molecule has 1 heterocycles. The monoisotopic (exact) mass is 274 g/mol. The van der Waals surface area contributed by atoms with Gasteiger partial charge in [-0.05, 0) is 48.5 Å². The Bertz CT molecular complexity index is 754. The summed E-state index contributed by atoms with van der Waals surface area (Å²) in [6.07, 6.45) is 8.67. The first-order valence-electron chi connectivity index (χ1n) is 7.63. The van der Waals surface area contributed by atoms with Crippen molar-refractivity contribution in [2.24, 2.45) is 0 Å². The van der Waals surface area contributed by atoms with Gasteiger partial charge in [-0.3, -0.25) is 0 Å². The van der Waals surface area contributed by atoms with Crippen molar-refractivity contribution in [3.05, 3.63) is 70.8 Å². The van der Waals surface area contributed by atoms with E-state index in [0.29, 0.717) is 0 Å². The molecule has 0 spiro atoms. The Labute approximate surface area is 125 Å². The summed E-state index contributed by atoms with van der Waals surface area (Å²) >= 11 is 0. The van der Waals surface area contributed by atoms with E-state index >= 15 is 0 Å². The number of nitrogens with zero attached hydrogens (tertiary/aromatic N) is 2. The Morgan fingerprint density at radius 1 is 1.05 bits per heavy atom. The molecule has 0 N–H and O–H groups in total. The van der Waals surface area contributed by atoms with E-state index in [-0.39, 0.29) is 0 Å². The molecule has 104 valence electrons. The predicted molar refractivity (Wildman–Crippen MR) is 85.7 cm³/mol. The molecule has 0 bridgehead atoms. The molecule has 2 aliphatic rings. The molecule has 0 unspecified atom stereocenters. The van der Waals surface area contributed by atoms with Crippen LogP contribution >= 0.6 is 0 Å². The lowest BCUT2D eigenvalue weighted by atomic mass is 9.93. The average molecular weight is 274 g/mol. The second-order valence-electron chi connectivity index (χ2n) is 5.80. The SMILES string of the molecule is Cc1ncnc2c1C(C1=CCCC1)=C(c1ccccc1)C2. The van der Waals surface area contributed by atoms with Crippen LogP contribution < -0.4 is 0 Å². The molecular weight excluding hydrogens is 256 g/mol. The third kappa shape index (κ3) is 2.02. The molecule has 0 aliphatic heterocycles. The standard InChI is InChI=1S/C19H18N2/c1-13-18-17(21-12-20-13)11-16(14-7-3-2-4-8-14)19(18)15-9-5-6-10-15/h2-4,7-9,12H,5-6,10-11H2,1H3. The molecule has 1 aromatic carbocycles. The van der Waals surface area contributed by atoms with Crippen LogP contribution in [0.1, 0.15) is 41.8 Å². The molecule has 0 saturated carbocycles. The highest BCUT2D eigenvalue weighted by atomic mass is 14.8. The van der Waals surface area contributed by atoms with Crippen molar-refractivity contribution < 1.29 is 0 Å². The zero-order chi connectivity index (χ0) is 14.2. The summed E-state index contributed by atoms with van der Waals surface area (Å²) in [4.78, 5) is 8.97. The van der Waals surface area contributed by atoms with Crippen LogP contribution in [0, 0.1) is 6.92 Å². The lowest BCUT2D eigenvalue weighted by Gasteiger charge is -2.11. The first-order chi connectivity index (χ1) is 10.3. The first-order valence-corrected chi connectivity index (χ1v) is 7.63. The van der Waals surface area contributed by atoms with Gasteiger partial charge >= 0.3 is 0 Å². The minimum absolute atomic E-state index is 0.926. The van der Waals surface area contributed by atoms with E-state index < -0.39 is 0 Å². The second-order valence-corrected chi connectivity index (χ2v) is 5.80. The third-order valence-electron chi connectivity index (χ3n) is 4.50. The van der Waals surface area contributed by atoms with Gasteiger partial charge in [-0.15, -0.1) is 0 Å². The van der Waals surface area contributed by atoms with Gasteiger partial charge in [0.05, 0.1) is 5.69 Å². The minimum atomic E-state index is 0.926. The Morgan fingerprint density at radius 3 is 2.67 bits per heavy atom. The van der Waals surface area contributed by atoms with E-state index in [1.165, 1.54) is 52.8 Å². The summed E-state index contributed by atoms with van der Waals surface area (Å²) in [6, 6.07) is 10.7. The quantitative estimate of drug-likeness (QED) is 0.813. The van der Waals surface area contributed by atoms with Crippen molar-refractivity contribution in [2.75, 3.05) is 0 Å². The van der Waals surface area contributed by atoms with E-state index in [1.54, 1.807) is 6.33 Å². The number of fused-ring (bicyclic) bond motifs is 1. The molecule has 2 aromatic rings. The average Bonchev–Trinajstić information content (AvgIpc) is 3.15. The predicted octanol–water partition coefficient (Wildman–Crippen LogP) is 4.36. The highest BCUT2D eigenvalue weighted by Crippen LogP contribution is 2.45. The molecule has 1 aromatic heterocycles. The van der Waals surface area contributed by atoms with Gasteiger partial charge in [-0.25, -0.2) is 9.97 Å². The lowest BCUT2D eigenvalue weighted by molar-refractivity contribution is 0.917. The van der Waals surface area contributed by atoms with Crippen LogP contribution in [-0.2, 0) is 6.42 Å². The van der Waals surface area contributed by atoms with Gasteiger partial charge in [-0.1, -0.05) is 36.4 Å². The fraction of sp³-hybridized carbons (Fsp3) is 0.263. The maximum absolute atomic E-state index is 4.54. The Hall–Kier alpha value is -2.22. The fourth-order valence-electron chi connectivity index (χ4n) is 3.53. The smallest absolute Gasteiger partial charge is 0.115 e. The van der Waals surface area contributed by atoms with E-state index in [0.717, 1.165) is 12.1 Å². The Balaban J connectivity index is 1.95. The van der Waals surface area contributed by atoms with Crippen LogP contribution in [0.2, 0.25) is 0 Å². The number of hydrogen-bond acceptors (Lipinski definition) is 2. The number of benzene rings is 1. The zero-order valence-corrected chi connectivity index (χ0v) is 12.3. The number of aryl methyl sites for hydroxylation is 1. The highest BCUT2D eigenvalue weighted by Gasteiger charge is 2.28. The fourth-order valence-corrected chi connectivity index (χ4v) is 3.53. The first kappa shape index (κ1) is 12.5. The molecule has 0 radical (unpaired) electrons. The maximum Gasteiger partial charge on any atom is 0.115 e. The van der Waals surface area contributed by atoms with E-state index in [4.69, 9.17) is 0 Å². The number of aromatic nitrogens is 2. The summed E-state index contributed by atoms with van der Waals surface area (Å²) in [5, 5.41) is 0. The molecule has 0 fully saturated rings. The molecule has 21 heavy (non-hydrogen) atoms. The Morgan fingerprint density at radius 2 is 1.90 bits per heavy atom. The zero-order valence-electron chi connectivity index (χ0n) is 12.3. The van der Waals surface area contributed by atoms with Crippen LogP contribution in [0.4, 0.5) is 0 Å². The van der Waals surface area contributed by atoms with Crippen LogP contribution in [0.3, 0.4) is 0 Å². The number of hydrogen-bond donors (Lipinski definition) is 0. The largest absolute Gasteiger partial charge is 0.241 e. The summed E-state index contributed by atoms with van der Waals surface area (Å²) < 4.78 is 0. The molecule has 4 rings (SSSR count). The van der Waals surface area contributed by atoms with E-state index in [2.05, 4.69) is 53.3 Å². The van der Waals surface area contributed by atoms with E-state index in [9.17, 15) is 0 Å². The minimum Gasteiger partial charge on any atom is -0.241 e. The molecular formula is C19H18N2. The van der Waals surface area contributed by atoms with Gasteiger partial charge in [-0.2, -0.15) is 0 Å². The number of allylic oxidation sites excluding steroid dienone is 4. The van der Waals surface area contributed by atoms with Gasteiger partial charge in [0.25, 0.3) is 0 Å². The summed E-state index contributed by atoms with van der Waals surface area (Å²) in [7, 11) is 0. The van der Waals surface area contributed by atoms with Crippen LogP contribution in [-0.4, -0.2) is 9.97 Å². The second kappa shape index (κ2) is 4.96. The van der Waals surface area contributed by atoms with Gasteiger partial charge in [0.2, 0.25) is 0 Å². The summed E-state index contributed by atoms with van der Waals surface area (Å²) in [5.41, 5.74) is 9.21. The van der Waals surface area contributed by atoms with Gasteiger partial charge in [0.1, 0.15) is 6.33 Å². The molecule has 0 saturated heterocycles. The molecule has 2 nitrogen and oxygen atoms in total. The van der Waals surface area contributed by atoms with Crippen molar-refractivity contribution in [3.63, 3.8) is 0 Å². The van der Waals surface area contributed by atoms with Crippen LogP contribution in [0.5, 0.6) is 0 Å². The van der Waals surface area contributed by atoms with Crippen LogP contribution in [0.25, 0.3) is 11.1 Å². The van der Waals surface area contributed by atoms with Gasteiger partial charge < -0.3 is 0 Å². The van der Waals surface area contributed by atoms with Crippen molar-refractivity contribution >= 4 is 11.1 Å². The maximum atomic E-state index is 4.54.